The number of rotatable bonds is 6. The number of hydrogen-bond donors (Lipinski definition) is 0. The van der Waals surface area contributed by atoms with Crippen LogP contribution in [0.3, 0.4) is 0 Å². The maximum Gasteiger partial charge on any atom is 0.319 e. The highest BCUT2D eigenvalue weighted by molar-refractivity contribution is 5.82. The van der Waals surface area contributed by atoms with Crippen LogP contribution in [0.4, 0.5) is 0 Å². The zero-order valence-corrected chi connectivity index (χ0v) is 12.9. The van der Waals surface area contributed by atoms with Gasteiger partial charge in [-0.2, -0.15) is 5.10 Å². The Morgan fingerprint density at radius 1 is 1.32 bits per heavy atom. The summed E-state index contributed by atoms with van der Waals surface area (Å²) < 4.78 is 6.97. The molecule has 108 valence electrons. The molecule has 0 amide bonds. The van der Waals surface area contributed by atoms with Gasteiger partial charge in [-0.15, -0.1) is 0 Å². The van der Waals surface area contributed by atoms with Crippen molar-refractivity contribution < 1.29 is 9.53 Å². The fraction of sp³-hybridized carbons (Fsp3) is 0.786. The van der Waals surface area contributed by atoms with E-state index in [1.807, 2.05) is 41.7 Å². The summed E-state index contributed by atoms with van der Waals surface area (Å²) in [5, 5.41) is 4.41. The first-order valence-electron chi connectivity index (χ1n) is 7.01. The van der Waals surface area contributed by atoms with Crippen LogP contribution in [0, 0.1) is 0 Å². The molecule has 0 unspecified atom stereocenters. The first-order chi connectivity index (χ1) is 8.92. The summed E-state index contributed by atoms with van der Waals surface area (Å²) in [4.78, 5) is 16.9. The van der Waals surface area contributed by atoms with E-state index in [0.29, 0.717) is 25.3 Å². The number of ether oxygens (including phenoxy) is 1. The third-order valence-electron chi connectivity index (χ3n) is 3.60. The number of nitrogens with zero attached hydrogens (tertiary/aromatic N) is 3. The van der Waals surface area contributed by atoms with Crippen LogP contribution >= 0.6 is 0 Å². The Morgan fingerprint density at radius 3 is 2.26 bits per heavy atom. The SMILES string of the molecule is CCOC(=O)C(CC)(CC)c1nc(C(C)C)nn1C. The molecule has 1 aromatic heterocycles. The average Bonchev–Trinajstić information content (AvgIpc) is 2.75. The van der Waals surface area contributed by atoms with Crippen LogP contribution in [-0.4, -0.2) is 27.3 Å². The van der Waals surface area contributed by atoms with Crippen LogP contribution in [0.15, 0.2) is 0 Å². The summed E-state index contributed by atoms with van der Waals surface area (Å²) in [5.41, 5.74) is -0.690. The van der Waals surface area contributed by atoms with Gasteiger partial charge in [-0.05, 0) is 19.8 Å². The Hall–Kier alpha value is -1.39. The molecular formula is C14H25N3O2. The third kappa shape index (κ3) is 2.80. The maximum absolute atomic E-state index is 12.4. The standard InChI is InChI=1S/C14H25N3O2/c1-7-14(8-2,13(18)19-9-3)12-15-11(10(4)5)16-17(12)6/h10H,7-9H2,1-6H3. The van der Waals surface area contributed by atoms with Crippen LogP contribution in [0.25, 0.3) is 0 Å². The van der Waals surface area contributed by atoms with E-state index in [0.717, 1.165) is 5.82 Å². The minimum atomic E-state index is -0.690. The highest BCUT2D eigenvalue weighted by Gasteiger charge is 2.42. The van der Waals surface area contributed by atoms with Crippen molar-refractivity contribution in [2.75, 3.05) is 6.61 Å². The van der Waals surface area contributed by atoms with Crippen LogP contribution in [0.2, 0.25) is 0 Å². The largest absolute Gasteiger partial charge is 0.465 e. The van der Waals surface area contributed by atoms with Gasteiger partial charge in [0.05, 0.1) is 6.61 Å². The summed E-state index contributed by atoms with van der Waals surface area (Å²) in [6, 6.07) is 0. The molecule has 19 heavy (non-hydrogen) atoms. The van der Waals surface area contributed by atoms with Crippen LogP contribution in [-0.2, 0) is 22.0 Å². The minimum Gasteiger partial charge on any atom is -0.465 e. The monoisotopic (exact) mass is 267 g/mol. The Morgan fingerprint density at radius 2 is 1.89 bits per heavy atom. The highest BCUT2D eigenvalue weighted by atomic mass is 16.5. The molecule has 0 aliphatic heterocycles. The number of hydrogen-bond acceptors (Lipinski definition) is 4. The molecule has 0 bridgehead atoms. The van der Waals surface area contributed by atoms with E-state index in [2.05, 4.69) is 10.1 Å². The number of esters is 1. The number of carbonyl (C=O) groups is 1. The van der Waals surface area contributed by atoms with Gasteiger partial charge in [0.15, 0.2) is 5.82 Å². The lowest BCUT2D eigenvalue weighted by atomic mass is 9.81. The van der Waals surface area contributed by atoms with E-state index in [1.54, 1.807) is 4.68 Å². The second kappa shape index (κ2) is 6.17. The fourth-order valence-corrected chi connectivity index (χ4v) is 2.28. The summed E-state index contributed by atoms with van der Waals surface area (Å²) in [6.45, 7) is 10.3. The Kier molecular flexibility index (Phi) is 5.09. The average molecular weight is 267 g/mol. The molecule has 0 atom stereocenters. The number of aryl methyl sites for hydroxylation is 1. The lowest BCUT2D eigenvalue weighted by Gasteiger charge is -2.27. The van der Waals surface area contributed by atoms with Crippen molar-refractivity contribution in [3.63, 3.8) is 0 Å². The molecule has 0 aliphatic carbocycles. The first-order valence-corrected chi connectivity index (χ1v) is 7.01. The van der Waals surface area contributed by atoms with E-state index in [-0.39, 0.29) is 11.9 Å². The predicted octanol–water partition coefficient (Wildman–Crippen LogP) is 2.56. The molecular weight excluding hydrogens is 242 g/mol. The summed E-state index contributed by atoms with van der Waals surface area (Å²) in [6.07, 6.45) is 1.32. The van der Waals surface area contributed by atoms with Crippen LogP contribution < -0.4 is 0 Å². The fourth-order valence-electron chi connectivity index (χ4n) is 2.28. The topological polar surface area (TPSA) is 57.0 Å². The van der Waals surface area contributed by atoms with E-state index < -0.39 is 5.41 Å². The summed E-state index contributed by atoms with van der Waals surface area (Å²) >= 11 is 0. The van der Waals surface area contributed by atoms with Gasteiger partial charge in [0.1, 0.15) is 11.2 Å². The number of carbonyl (C=O) groups excluding carboxylic acids is 1. The molecule has 1 aromatic rings. The lowest BCUT2D eigenvalue weighted by molar-refractivity contribution is -0.151. The Labute approximate surface area is 115 Å². The molecule has 1 rings (SSSR count). The molecule has 0 radical (unpaired) electrons. The Bertz CT molecular complexity index is 434. The van der Waals surface area contributed by atoms with Crippen molar-refractivity contribution in [3.8, 4) is 0 Å². The second-order valence-electron chi connectivity index (χ2n) is 5.08. The van der Waals surface area contributed by atoms with Crippen molar-refractivity contribution in [3.05, 3.63) is 11.6 Å². The predicted molar refractivity (Wildman–Crippen MR) is 74.0 cm³/mol. The summed E-state index contributed by atoms with van der Waals surface area (Å²) in [7, 11) is 1.84. The maximum atomic E-state index is 12.4. The van der Waals surface area contributed by atoms with Gasteiger partial charge >= 0.3 is 5.97 Å². The third-order valence-corrected chi connectivity index (χ3v) is 3.60. The van der Waals surface area contributed by atoms with Gasteiger partial charge in [0, 0.05) is 13.0 Å². The second-order valence-corrected chi connectivity index (χ2v) is 5.08. The number of aromatic nitrogens is 3. The lowest BCUT2D eigenvalue weighted by Crippen LogP contribution is -2.39. The van der Waals surface area contributed by atoms with Gasteiger partial charge in [-0.25, -0.2) is 4.98 Å². The smallest absolute Gasteiger partial charge is 0.319 e. The normalized spacial score (nSPS) is 11.9. The van der Waals surface area contributed by atoms with Crippen LogP contribution in [0.1, 0.15) is 65.0 Å². The van der Waals surface area contributed by atoms with Crippen LogP contribution in [0.5, 0.6) is 0 Å². The zero-order valence-electron chi connectivity index (χ0n) is 12.9. The molecule has 0 saturated carbocycles. The highest BCUT2D eigenvalue weighted by Crippen LogP contribution is 2.32. The van der Waals surface area contributed by atoms with Gasteiger partial charge in [0.2, 0.25) is 0 Å². The molecule has 0 spiro atoms. The molecule has 5 heteroatoms. The van der Waals surface area contributed by atoms with Gasteiger partial charge in [-0.3, -0.25) is 9.48 Å². The minimum absolute atomic E-state index is 0.203. The zero-order chi connectivity index (χ0) is 14.6. The van der Waals surface area contributed by atoms with E-state index >= 15 is 0 Å². The van der Waals surface area contributed by atoms with Gasteiger partial charge in [0.25, 0.3) is 0 Å². The van der Waals surface area contributed by atoms with Gasteiger partial charge in [-0.1, -0.05) is 27.7 Å². The van der Waals surface area contributed by atoms with E-state index in [4.69, 9.17) is 4.74 Å². The quantitative estimate of drug-likeness (QED) is 0.743. The van der Waals surface area contributed by atoms with Gasteiger partial charge < -0.3 is 4.74 Å². The van der Waals surface area contributed by atoms with Crippen molar-refractivity contribution in [2.45, 2.75) is 58.8 Å². The summed E-state index contributed by atoms with van der Waals surface area (Å²) in [5.74, 6) is 1.52. The molecule has 0 fully saturated rings. The molecule has 0 aliphatic rings. The molecule has 0 N–H and O–H groups in total. The Balaban J connectivity index is 3.29. The molecule has 5 nitrogen and oxygen atoms in total. The van der Waals surface area contributed by atoms with Crippen molar-refractivity contribution in [1.82, 2.24) is 14.8 Å². The van der Waals surface area contributed by atoms with Crippen molar-refractivity contribution in [1.29, 1.82) is 0 Å². The van der Waals surface area contributed by atoms with E-state index in [9.17, 15) is 4.79 Å². The molecule has 0 aromatic carbocycles. The van der Waals surface area contributed by atoms with Crippen molar-refractivity contribution >= 4 is 5.97 Å². The molecule has 1 heterocycles. The van der Waals surface area contributed by atoms with Crippen molar-refractivity contribution in [2.24, 2.45) is 7.05 Å². The van der Waals surface area contributed by atoms with E-state index in [1.165, 1.54) is 0 Å². The molecule has 0 saturated heterocycles. The first kappa shape index (κ1) is 15.7.